The molecule has 1 heterocycles. The first-order valence-electron chi connectivity index (χ1n) is 10.1. The number of carbonyl (C=O) groups is 2. The molecule has 30 heavy (non-hydrogen) atoms. The van der Waals surface area contributed by atoms with E-state index < -0.39 is 11.1 Å². The van der Waals surface area contributed by atoms with Gasteiger partial charge < -0.3 is 10.5 Å². The van der Waals surface area contributed by atoms with Gasteiger partial charge in [-0.1, -0.05) is 17.2 Å². The summed E-state index contributed by atoms with van der Waals surface area (Å²) in [4.78, 5) is 26.6. The molecule has 0 fully saturated rings. The van der Waals surface area contributed by atoms with Gasteiger partial charge in [0.1, 0.15) is 11.4 Å². The predicted octanol–water partition coefficient (Wildman–Crippen LogP) is 4.18. The lowest BCUT2D eigenvalue weighted by Crippen LogP contribution is -2.56. The van der Waals surface area contributed by atoms with E-state index in [-0.39, 0.29) is 11.8 Å². The first kappa shape index (κ1) is 21.7. The lowest BCUT2D eigenvalue weighted by molar-refractivity contribution is 0.0358. The molecule has 6 heteroatoms. The summed E-state index contributed by atoms with van der Waals surface area (Å²) in [7, 11) is 0. The van der Waals surface area contributed by atoms with E-state index >= 15 is 0 Å². The van der Waals surface area contributed by atoms with Crippen LogP contribution in [0.2, 0.25) is 0 Å². The van der Waals surface area contributed by atoms with Crippen molar-refractivity contribution in [2.45, 2.75) is 66.0 Å². The molecule has 0 aliphatic carbocycles. The molecule has 0 bridgehead atoms. The molecular weight excluding hydrogens is 378 g/mol. The number of carbonyl (C=O) groups excluding carboxylic acids is 2. The zero-order valence-electron chi connectivity index (χ0n) is 18.8. The van der Waals surface area contributed by atoms with Crippen LogP contribution in [-0.4, -0.2) is 28.0 Å². The zero-order chi connectivity index (χ0) is 22.4. The number of fused-ring (bicyclic) bond motifs is 1. The number of nitrogens with one attached hydrogen (secondary N) is 1. The molecule has 160 valence electrons. The average Bonchev–Trinajstić information content (AvgIpc) is 2.93. The number of rotatable bonds is 2. The van der Waals surface area contributed by atoms with Gasteiger partial charge in [0.15, 0.2) is 0 Å². The molecule has 3 rings (SSSR count). The molecule has 1 aliphatic heterocycles. The molecule has 0 saturated heterocycles. The van der Waals surface area contributed by atoms with Gasteiger partial charge in [-0.2, -0.15) is 0 Å². The normalized spacial score (nSPS) is 14.6. The Bertz CT molecular complexity index is 999. The Kier molecular flexibility index (Phi) is 5.31. The van der Waals surface area contributed by atoms with Gasteiger partial charge >= 0.3 is 0 Å². The van der Waals surface area contributed by atoms with E-state index in [4.69, 9.17) is 10.5 Å². The molecule has 6 nitrogen and oxygen atoms in total. The van der Waals surface area contributed by atoms with Crippen molar-refractivity contribution in [3.8, 4) is 5.75 Å². The van der Waals surface area contributed by atoms with Crippen LogP contribution >= 0.6 is 0 Å². The topological polar surface area (TPSA) is 84.7 Å². The Morgan fingerprint density at radius 3 is 2.27 bits per heavy atom. The van der Waals surface area contributed by atoms with Gasteiger partial charge in [-0.25, -0.2) is 5.01 Å². The molecule has 2 aromatic rings. The Morgan fingerprint density at radius 2 is 1.70 bits per heavy atom. The summed E-state index contributed by atoms with van der Waals surface area (Å²) in [6.07, 6.45) is 0.566. The molecule has 3 N–H and O–H groups in total. The van der Waals surface area contributed by atoms with Gasteiger partial charge in [0, 0.05) is 23.1 Å². The number of hydrogen-bond acceptors (Lipinski definition) is 4. The minimum Gasteiger partial charge on any atom is -0.485 e. The van der Waals surface area contributed by atoms with E-state index in [1.54, 1.807) is 12.1 Å². The van der Waals surface area contributed by atoms with E-state index in [1.165, 1.54) is 5.01 Å². The quantitative estimate of drug-likeness (QED) is 0.575. The third-order valence-corrected chi connectivity index (χ3v) is 5.07. The summed E-state index contributed by atoms with van der Waals surface area (Å²) in [5, 5.41) is 1.40. The minimum absolute atomic E-state index is 0.258. The molecule has 0 saturated carbocycles. The van der Waals surface area contributed by atoms with Crippen molar-refractivity contribution in [2.75, 3.05) is 5.73 Å². The monoisotopic (exact) mass is 409 g/mol. The molecule has 2 aromatic carbocycles. The molecule has 0 radical (unpaired) electrons. The number of aryl methyl sites for hydroxylation is 2. The van der Waals surface area contributed by atoms with Crippen LogP contribution in [0.3, 0.4) is 0 Å². The van der Waals surface area contributed by atoms with Gasteiger partial charge in [0.2, 0.25) is 0 Å². The number of nitrogen functional groups attached to an aromatic ring is 1. The van der Waals surface area contributed by atoms with Gasteiger partial charge in [-0.3, -0.25) is 15.0 Å². The maximum Gasteiger partial charge on any atom is 0.272 e. The van der Waals surface area contributed by atoms with Crippen molar-refractivity contribution in [3.05, 3.63) is 58.1 Å². The molecule has 0 unspecified atom stereocenters. The lowest BCUT2D eigenvalue weighted by atomic mass is 9.96. The van der Waals surface area contributed by atoms with Crippen LogP contribution in [0.4, 0.5) is 5.69 Å². The van der Waals surface area contributed by atoms with E-state index in [0.29, 0.717) is 29.0 Å². The van der Waals surface area contributed by atoms with Crippen LogP contribution in [0.1, 0.15) is 72.0 Å². The fourth-order valence-electron chi connectivity index (χ4n) is 3.80. The van der Waals surface area contributed by atoms with Gasteiger partial charge in [-0.15, -0.1) is 0 Å². The van der Waals surface area contributed by atoms with Gasteiger partial charge in [0.25, 0.3) is 11.8 Å². The molecular formula is C24H31N3O3. The summed E-state index contributed by atoms with van der Waals surface area (Å²) < 4.78 is 5.95. The molecule has 0 spiro atoms. The highest BCUT2D eigenvalue weighted by Gasteiger charge is 2.36. The summed E-state index contributed by atoms with van der Waals surface area (Å²) in [6, 6.07) is 9.03. The summed E-state index contributed by atoms with van der Waals surface area (Å²) >= 11 is 0. The SMILES string of the molecule is Cc1cc(C)cc(C(=O)N(NC(=O)c2ccc(N)c3c2CC(C)(C)O3)C(C)(C)C)c1. The summed E-state index contributed by atoms with van der Waals surface area (Å²) in [5.74, 6) is -0.0675. The van der Waals surface area contributed by atoms with Crippen LogP contribution in [-0.2, 0) is 6.42 Å². The number of nitrogens with zero attached hydrogens (tertiary/aromatic N) is 1. The predicted molar refractivity (Wildman–Crippen MR) is 119 cm³/mol. The highest BCUT2D eigenvalue weighted by atomic mass is 16.5. The minimum atomic E-state index is -0.628. The summed E-state index contributed by atoms with van der Waals surface area (Å²) in [6.45, 7) is 13.5. The van der Waals surface area contributed by atoms with Gasteiger partial charge in [-0.05, 0) is 72.7 Å². The standard InChI is InChI=1S/C24H31N3O3/c1-14-10-15(2)12-16(11-14)22(29)27(23(3,4)5)26-21(28)17-8-9-19(25)20-18(17)13-24(6,7)30-20/h8-12H,13,25H2,1-7H3,(H,26,28). The molecule has 0 aromatic heterocycles. The van der Waals surface area contributed by atoms with Crippen LogP contribution < -0.4 is 15.9 Å². The second-order valence-corrected chi connectivity index (χ2v) is 9.68. The molecule has 2 amide bonds. The van der Waals surface area contributed by atoms with Crippen molar-refractivity contribution in [1.82, 2.24) is 10.4 Å². The Labute approximate surface area is 178 Å². The van der Waals surface area contributed by atoms with E-state index in [9.17, 15) is 9.59 Å². The highest BCUT2D eigenvalue weighted by Crippen LogP contribution is 2.41. The Balaban J connectivity index is 1.95. The molecule has 0 atom stereocenters. The maximum absolute atomic E-state index is 13.3. The number of anilines is 1. The van der Waals surface area contributed by atoms with Crippen molar-refractivity contribution in [2.24, 2.45) is 0 Å². The van der Waals surface area contributed by atoms with E-state index in [1.807, 2.05) is 66.7 Å². The first-order valence-corrected chi connectivity index (χ1v) is 10.1. The third kappa shape index (κ3) is 4.27. The fraction of sp³-hybridized carbons (Fsp3) is 0.417. The van der Waals surface area contributed by atoms with Crippen molar-refractivity contribution >= 4 is 17.5 Å². The van der Waals surface area contributed by atoms with Crippen LogP contribution in [0, 0.1) is 13.8 Å². The van der Waals surface area contributed by atoms with Gasteiger partial charge in [0.05, 0.1) is 11.2 Å². The van der Waals surface area contributed by atoms with Crippen molar-refractivity contribution in [1.29, 1.82) is 0 Å². The number of hydrazine groups is 1. The third-order valence-electron chi connectivity index (χ3n) is 5.07. The number of benzene rings is 2. The van der Waals surface area contributed by atoms with Crippen molar-refractivity contribution < 1.29 is 14.3 Å². The van der Waals surface area contributed by atoms with Crippen molar-refractivity contribution in [3.63, 3.8) is 0 Å². The Hall–Kier alpha value is -3.02. The smallest absolute Gasteiger partial charge is 0.272 e. The fourth-order valence-corrected chi connectivity index (χ4v) is 3.80. The second-order valence-electron chi connectivity index (χ2n) is 9.68. The second kappa shape index (κ2) is 7.35. The Morgan fingerprint density at radius 1 is 1.10 bits per heavy atom. The number of amides is 2. The van der Waals surface area contributed by atoms with Crippen LogP contribution in [0.5, 0.6) is 5.75 Å². The lowest BCUT2D eigenvalue weighted by Gasteiger charge is -2.35. The number of hydrogen-bond donors (Lipinski definition) is 2. The summed E-state index contributed by atoms with van der Waals surface area (Å²) in [5.41, 5.74) is 12.1. The van der Waals surface area contributed by atoms with E-state index in [0.717, 1.165) is 16.7 Å². The average molecular weight is 410 g/mol. The van der Waals surface area contributed by atoms with Crippen LogP contribution in [0.25, 0.3) is 0 Å². The highest BCUT2D eigenvalue weighted by molar-refractivity contribution is 6.01. The van der Waals surface area contributed by atoms with Crippen LogP contribution in [0.15, 0.2) is 30.3 Å². The molecule has 1 aliphatic rings. The zero-order valence-corrected chi connectivity index (χ0v) is 18.8. The largest absolute Gasteiger partial charge is 0.485 e. The van der Waals surface area contributed by atoms with E-state index in [2.05, 4.69) is 5.43 Å². The number of ether oxygens (including phenoxy) is 1. The number of nitrogens with two attached hydrogens (primary N) is 1. The first-order chi connectivity index (χ1) is 13.8. The maximum atomic E-state index is 13.3.